The Balaban J connectivity index is 2.17. The van der Waals surface area contributed by atoms with E-state index < -0.39 is 5.82 Å². The summed E-state index contributed by atoms with van der Waals surface area (Å²) in [5.41, 5.74) is 4.44. The van der Waals surface area contributed by atoms with Crippen molar-refractivity contribution in [1.29, 1.82) is 5.41 Å². The Bertz CT molecular complexity index is 1080. The van der Waals surface area contributed by atoms with Gasteiger partial charge >= 0.3 is 0 Å². The minimum absolute atomic E-state index is 0.0275. The molecule has 0 saturated carbocycles. The van der Waals surface area contributed by atoms with Crippen molar-refractivity contribution in [3.05, 3.63) is 75.4 Å². The summed E-state index contributed by atoms with van der Waals surface area (Å²) in [5.74, 6) is -1.14. The van der Waals surface area contributed by atoms with Gasteiger partial charge in [0.2, 0.25) is 0 Å². The summed E-state index contributed by atoms with van der Waals surface area (Å²) in [5, 5.41) is 16.9. The molecular weight excluding hydrogens is 427 g/mol. The van der Waals surface area contributed by atoms with Crippen LogP contribution in [0.15, 0.2) is 64.1 Å². The number of allylic oxidation sites excluding steroid dienone is 5. The molecule has 1 aromatic carbocycles. The molecule has 0 fully saturated rings. The van der Waals surface area contributed by atoms with Gasteiger partial charge in [-0.05, 0) is 61.1 Å². The van der Waals surface area contributed by atoms with Gasteiger partial charge in [-0.25, -0.2) is 9.40 Å². The lowest BCUT2D eigenvalue weighted by Crippen LogP contribution is -2.26. The molecular formula is C25H28ClFN4O. The molecule has 2 N–H and O–H groups in total. The zero-order valence-corrected chi connectivity index (χ0v) is 19.5. The second-order valence-corrected chi connectivity index (χ2v) is 8.48. The summed E-state index contributed by atoms with van der Waals surface area (Å²) in [7, 11) is 1.77. The van der Waals surface area contributed by atoms with Crippen molar-refractivity contribution >= 4 is 35.5 Å². The first-order valence-electron chi connectivity index (χ1n) is 10.6. The number of hydrogen-bond donors (Lipinski definition) is 2. The van der Waals surface area contributed by atoms with Crippen molar-refractivity contribution in [2.75, 3.05) is 7.05 Å². The van der Waals surface area contributed by atoms with E-state index >= 15 is 0 Å². The minimum Gasteiger partial charge on any atom is -0.394 e. The van der Waals surface area contributed by atoms with Crippen molar-refractivity contribution in [3.63, 3.8) is 0 Å². The molecule has 0 spiro atoms. The number of fused-ring (bicyclic) bond motifs is 1. The number of carbonyl (C=O) groups is 1. The molecule has 0 amide bonds. The van der Waals surface area contributed by atoms with Crippen molar-refractivity contribution in [1.82, 2.24) is 10.3 Å². The van der Waals surface area contributed by atoms with Gasteiger partial charge in [0.25, 0.3) is 0 Å². The molecule has 5 nitrogen and oxygen atoms in total. The summed E-state index contributed by atoms with van der Waals surface area (Å²) in [6, 6.07) is 4.58. The quantitative estimate of drug-likeness (QED) is 0.518. The number of hydrazone groups is 1. The maximum Gasteiger partial charge on any atom is 0.164 e. The van der Waals surface area contributed by atoms with E-state index in [-0.39, 0.29) is 22.6 Å². The van der Waals surface area contributed by atoms with E-state index in [4.69, 9.17) is 17.0 Å². The highest BCUT2D eigenvalue weighted by atomic mass is 35.5. The first-order valence-corrected chi connectivity index (χ1v) is 11.0. The molecule has 0 radical (unpaired) electrons. The van der Waals surface area contributed by atoms with E-state index in [0.29, 0.717) is 29.7 Å². The lowest BCUT2D eigenvalue weighted by Gasteiger charge is -2.28. The van der Waals surface area contributed by atoms with Crippen LogP contribution in [-0.4, -0.2) is 30.3 Å². The van der Waals surface area contributed by atoms with Gasteiger partial charge in [0.15, 0.2) is 5.78 Å². The molecule has 32 heavy (non-hydrogen) atoms. The SMILES string of the molecule is CN/C=C(\C=N)C(C)C(C)C(=O)C1=C(c2ccc(Cl)c(F)c2)N2N=CC=CC2=C(C)CC1. The van der Waals surface area contributed by atoms with Crippen LogP contribution in [0.2, 0.25) is 5.02 Å². The topological polar surface area (TPSA) is 68.6 Å². The van der Waals surface area contributed by atoms with E-state index in [1.165, 1.54) is 18.3 Å². The average molecular weight is 455 g/mol. The van der Waals surface area contributed by atoms with Gasteiger partial charge in [-0.1, -0.05) is 31.5 Å². The Morgan fingerprint density at radius 3 is 2.72 bits per heavy atom. The summed E-state index contributed by atoms with van der Waals surface area (Å²) in [6.07, 6.45) is 9.68. The van der Waals surface area contributed by atoms with E-state index in [9.17, 15) is 9.18 Å². The Morgan fingerprint density at radius 2 is 2.06 bits per heavy atom. The van der Waals surface area contributed by atoms with Gasteiger partial charge in [0.1, 0.15) is 5.82 Å². The molecule has 2 aliphatic rings. The third-order valence-corrected chi connectivity index (χ3v) is 6.40. The number of carbonyl (C=O) groups excluding carboxylic acids is 1. The van der Waals surface area contributed by atoms with E-state index in [0.717, 1.165) is 16.8 Å². The number of nitrogens with zero attached hydrogens (tertiary/aromatic N) is 2. The van der Waals surface area contributed by atoms with Gasteiger partial charge in [0.05, 0.1) is 16.4 Å². The zero-order valence-electron chi connectivity index (χ0n) is 18.7. The van der Waals surface area contributed by atoms with Crippen LogP contribution in [0, 0.1) is 23.1 Å². The summed E-state index contributed by atoms with van der Waals surface area (Å²) >= 11 is 5.93. The lowest BCUT2D eigenvalue weighted by atomic mass is 9.81. The van der Waals surface area contributed by atoms with Gasteiger partial charge in [-0.3, -0.25) is 4.79 Å². The maximum absolute atomic E-state index is 14.4. The van der Waals surface area contributed by atoms with Crippen molar-refractivity contribution in [3.8, 4) is 0 Å². The number of halogens is 2. The van der Waals surface area contributed by atoms with Crippen molar-refractivity contribution in [2.24, 2.45) is 16.9 Å². The molecule has 2 unspecified atom stereocenters. The second-order valence-electron chi connectivity index (χ2n) is 8.08. The largest absolute Gasteiger partial charge is 0.394 e. The fourth-order valence-electron chi connectivity index (χ4n) is 4.00. The summed E-state index contributed by atoms with van der Waals surface area (Å²) in [6.45, 7) is 5.83. The molecule has 3 rings (SSSR count). The monoisotopic (exact) mass is 454 g/mol. The van der Waals surface area contributed by atoms with Crippen molar-refractivity contribution in [2.45, 2.75) is 33.6 Å². The molecule has 0 bridgehead atoms. The van der Waals surface area contributed by atoms with Crippen LogP contribution in [0.4, 0.5) is 4.39 Å². The molecule has 2 heterocycles. The number of rotatable bonds is 7. The molecule has 0 aromatic heterocycles. The van der Waals surface area contributed by atoms with Crippen LogP contribution in [0.3, 0.4) is 0 Å². The number of Topliss-reactive ketones (excluding diaryl/α,β-unsaturated/α-hetero) is 1. The molecule has 1 aromatic rings. The number of nitrogens with one attached hydrogen (secondary N) is 2. The number of benzene rings is 1. The molecule has 0 aliphatic carbocycles. The number of hydrogen-bond acceptors (Lipinski definition) is 5. The predicted molar refractivity (Wildman–Crippen MR) is 129 cm³/mol. The first-order chi connectivity index (χ1) is 15.3. The molecule has 0 saturated heterocycles. The van der Waals surface area contributed by atoms with Crippen LogP contribution in [-0.2, 0) is 4.79 Å². The van der Waals surface area contributed by atoms with E-state index in [1.807, 2.05) is 32.9 Å². The highest BCUT2D eigenvalue weighted by Gasteiger charge is 2.32. The Labute approximate surface area is 193 Å². The first kappa shape index (κ1) is 23.7. The Hall–Kier alpha value is -2.99. The van der Waals surface area contributed by atoms with Gasteiger partial charge in [-0.2, -0.15) is 5.10 Å². The number of ketones is 1. The maximum atomic E-state index is 14.4. The smallest absolute Gasteiger partial charge is 0.164 e. The Morgan fingerprint density at radius 1 is 1.31 bits per heavy atom. The standard InChI is InChI=1S/C25H28ClFN4O/c1-15-7-9-20(25(32)17(3)16(2)19(13-28)14-29-4)24(31-23(15)6-5-11-30-31)18-8-10-21(26)22(27)12-18/h5-6,8,10-14,16-17,28-29H,7,9H2,1-4H3/b19-14+,28-13?. The van der Waals surface area contributed by atoms with Crippen molar-refractivity contribution < 1.29 is 9.18 Å². The third-order valence-electron chi connectivity index (χ3n) is 6.09. The fraction of sp³-hybridized carbons (Fsp3) is 0.320. The normalized spacial score (nSPS) is 18.3. The minimum atomic E-state index is -0.545. The van der Waals surface area contributed by atoms with Gasteiger partial charge in [0, 0.05) is 42.7 Å². The van der Waals surface area contributed by atoms with Crippen LogP contribution in [0.5, 0.6) is 0 Å². The lowest BCUT2D eigenvalue weighted by molar-refractivity contribution is -0.119. The molecule has 2 atom stereocenters. The molecule has 2 aliphatic heterocycles. The van der Waals surface area contributed by atoms with Crippen LogP contribution in [0.1, 0.15) is 39.2 Å². The van der Waals surface area contributed by atoms with Crippen LogP contribution >= 0.6 is 11.6 Å². The highest BCUT2D eigenvalue weighted by Crippen LogP contribution is 2.39. The fourth-order valence-corrected chi connectivity index (χ4v) is 4.12. The highest BCUT2D eigenvalue weighted by molar-refractivity contribution is 6.30. The average Bonchev–Trinajstić information content (AvgIpc) is 2.94. The second kappa shape index (κ2) is 10.1. The zero-order chi connectivity index (χ0) is 23.4. The van der Waals surface area contributed by atoms with E-state index in [2.05, 4.69) is 10.4 Å². The Kier molecular flexibility index (Phi) is 7.46. The van der Waals surface area contributed by atoms with E-state index in [1.54, 1.807) is 30.5 Å². The summed E-state index contributed by atoms with van der Waals surface area (Å²) < 4.78 is 14.4. The van der Waals surface area contributed by atoms with Crippen LogP contribution in [0.25, 0.3) is 5.70 Å². The summed E-state index contributed by atoms with van der Waals surface area (Å²) in [4.78, 5) is 13.8. The third kappa shape index (κ3) is 4.60. The van der Waals surface area contributed by atoms with Gasteiger partial charge < -0.3 is 10.7 Å². The van der Waals surface area contributed by atoms with Gasteiger partial charge in [-0.15, -0.1) is 0 Å². The van der Waals surface area contributed by atoms with Crippen LogP contribution < -0.4 is 5.32 Å². The molecule has 7 heteroatoms. The predicted octanol–water partition coefficient (Wildman–Crippen LogP) is 5.71. The molecule has 168 valence electrons.